The zero-order valence-corrected chi connectivity index (χ0v) is 11.3. The van der Waals surface area contributed by atoms with Crippen LogP contribution in [-0.4, -0.2) is 7.11 Å². The number of ether oxygens (including phenoxy) is 1. The van der Waals surface area contributed by atoms with Crippen LogP contribution < -0.4 is 4.74 Å². The summed E-state index contributed by atoms with van der Waals surface area (Å²) in [5.74, 6) is 0.927. The van der Waals surface area contributed by atoms with Gasteiger partial charge in [0.1, 0.15) is 5.75 Å². The summed E-state index contributed by atoms with van der Waals surface area (Å²) in [6, 6.07) is 19.0. The van der Waals surface area contributed by atoms with Crippen molar-refractivity contribution < 1.29 is 4.74 Å². The van der Waals surface area contributed by atoms with Crippen molar-refractivity contribution in [3.8, 4) is 5.75 Å². The summed E-state index contributed by atoms with van der Waals surface area (Å²) in [6.07, 6.45) is 1.01. The topological polar surface area (TPSA) is 9.23 Å². The van der Waals surface area contributed by atoms with E-state index < -0.39 is 0 Å². The monoisotopic (exact) mass is 240 g/mol. The lowest BCUT2D eigenvalue weighted by Gasteiger charge is -2.25. The molecular weight excluding hydrogens is 220 g/mol. The molecule has 0 bridgehead atoms. The van der Waals surface area contributed by atoms with Gasteiger partial charge >= 0.3 is 0 Å². The number of rotatable bonds is 4. The molecule has 0 atom stereocenters. The number of methoxy groups -OCH3 is 1. The molecule has 0 radical (unpaired) electrons. The van der Waals surface area contributed by atoms with Gasteiger partial charge in [0, 0.05) is 0 Å². The summed E-state index contributed by atoms with van der Waals surface area (Å²) in [7, 11) is 1.71. The molecule has 1 heteroatoms. The second-order valence-corrected chi connectivity index (χ2v) is 5.28. The van der Waals surface area contributed by atoms with E-state index in [1.807, 2.05) is 6.07 Å². The van der Waals surface area contributed by atoms with Crippen LogP contribution >= 0.6 is 0 Å². The zero-order chi connectivity index (χ0) is 13.0. The predicted molar refractivity (Wildman–Crippen MR) is 76.2 cm³/mol. The van der Waals surface area contributed by atoms with Crippen molar-refractivity contribution in [1.82, 2.24) is 0 Å². The third-order valence-corrected chi connectivity index (χ3v) is 3.34. The lowest BCUT2D eigenvalue weighted by Crippen LogP contribution is -2.20. The summed E-state index contributed by atoms with van der Waals surface area (Å²) in [6.45, 7) is 4.56. The van der Waals surface area contributed by atoms with Crippen LogP contribution in [0.15, 0.2) is 54.6 Å². The molecule has 0 aliphatic heterocycles. The van der Waals surface area contributed by atoms with Crippen LogP contribution in [0.25, 0.3) is 0 Å². The highest BCUT2D eigenvalue weighted by molar-refractivity contribution is 5.32. The minimum atomic E-state index is 0.133. The first-order valence-electron chi connectivity index (χ1n) is 6.30. The van der Waals surface area contributed by atoms with E-state index in [1.165, 1.54) is 11.1 Å². The normalized spacial score (nSPS) is 11.3. The Bertz CT molecular complexity index is 500. The lowest BCUT2D eigenvalue weighted by atomic mass is 9.79. The molecule has 0 aromatic heterocycles. The first-order chi connectivity index (χ1) is 8.62. The Morgan fingerprint density at radius 2 is 1.67 bits per heavy atom. The molecule has 18 heavy (non-hydrogen) atoms. The molecule has 2 aromatic rings. The number of hydrogen-bond donors (Lipinski definition) is 0. The van der Waals surface area contributed by atoms with Crippen LogP contribution in [-0.2, 0) is 11.8 Å². The van der Waals surface area contributed by atoms with Crippen LogP contribution in [0.5, 0.6) is 5.75 Å². The molecule has 0 N–H and O–H groups in total. The summed E-state index contributed by atoms with van der Waals surface area (Å²) in [4.78, 5) is 0. The Kier molecular flexibility index (Phi) is 3.71. The highest BCUT2D eigenvalue weighted by Crippen LogP contribution is 2.28. The second kappa shape index (κ2) is 5.26. The van der Waals surface area contributed by atoms with Crippen molar-refractivity contribution in [2.24, 2.45) is 0 Å². The predicted octanol–water partition coefficient (Wildman–Crippen LogP) is 4.22. The van der Waals surface area contributed by atoms with Crippen LogP contribution in [0.2, 0.25) is 0 Å². The van der Waals surface area contributed by atoms with Crippen LogP contribution in [0.3, 0.4) is 0 Å². The molecule has 2 rings (SSSR count). The Morgan fingerprint density at radius 1 is 0.944 bits per heavy atom. The molecule has 0 amide bonds. The van der Waals surface area contributed by atoms with Crippen molar-refractivity contribution >= 4 is 0 Å². The average molecular weight is 240 g/mol. The summed E-state index contributed by atoms with van der Waals surface area (Å²) >= 11 is 0. The highest BCUT2D eigenvalue weighted by atomic mass is 16.5. The highest BCUT2D eigenvalue weighted by Gasteiger charge is 2.20. The van der Waals surface area contributed by atoms with Crippen LogP contribution in [0.1, 0.15) is 25.0 Å². The van der Waals surface area contributed by atoms with Crippen molar-refractivity contribution in [1.29, 1.82) is 0 Å². The molecule has 0 aliphatic rings. The van der Waals surface area contributed by atoms with Gasteiger partial charge in [0.05, 0.1) is 7.11 Å². The van der Waals surface area contributed by atoms with Gasteiger partial charge < -0.3 is 4.74 Å². The molecule has 0 spiro atoms. The Labute approximate surface area is 109 Å². The molecule has 0 heterocycles. The van der Waals surface area contributed by atoms with E-state index in [0.29, 0.717) is 0 Å². The summed E-state index contributed by atoms with van der Waals surface area (Å²) < 4.78 is 5.28. The van der Waals surface area contributed by atoms with E-state index in [-0.39, 0.29) is 5.41 Å². The van der Waals surface area contributed by atoms with Gasteiger partial charge in [-0.2, -0.15) is 0 Å². The minimum absolute atomic E-state index is 0.133. The van der Waals surface area contributed by atoms with E-state index in [2.05, 4.69) is 62.4 Å². The summed E-state index contributed by atoms with van der Waals surface area (Å²) in [5, 5.41) is 0. The van der Waals surface area contributed by atoms with Gasteiger partial charge in [-0.1, -0.05) is 56.3 Å². The first kappa shape index (κ1) is 12.7. The van der Waals surface area contributed by atoms with Crippen LogP contribution in [0, 0.1) is 0 Å². The largest absolute Gasteiger partial charge is 0.497 e. The molecule has 1 nitrogen and oxygen atoms in total. The lowest BCUT2D eigenvalue weighted by molar-refractivity contribution is 0.413. The fourth-order valence-electron chi connectivity index (χ4n) is 2.28. The van der Waals surface area contributed by atoms with Gasteiger partial charge in [0.2, 0.25) is 0 Å². The molecule has 0 saturated heterocycles. The molecule has 0 fully saturated rings. The molecule has 0 aliphatic carbocycles. The van der Waals surface area contributed by atoms with Crippen molar-refractivity contribution in [2.75, 3.05) is 7.11 Å². The summed E-state index contributed by atoms with van der Waals surface area (Å²) in [5.41, 5.74) is 2.81. The third kappa shape index (κ3) is 2.92. The van der Waals surface area contributed by atoms with Gasteiger partial charge in [0.25, 0.3) is 0 Å². The van der Waals surface area contributed by atoms with Crippen molar-refractivity contribution in [2.45, 2.75) is 25.7 Å². The number of benzene rings is 2. The third-order valence-electron chi connectivity index (χ3n) is 3.34. The Hall–Kier alpha value is -1.76. The quantitative estimate of drug-likeness (QED) is 0.777. The maximum Gasteiger partial charge on any atom is 0.119 e. The maximum absolute atomic E-state index is 5.28. The standard InChI is InChI=1S/C17H20O/c1-17(2,15-9-5-4-6-10-15)13-14-8-7-11-16(12-14)18-3/h4-12H,13H2,1-3H3. The van der Waals surface area contributed by atoms with E-state index in [4.69, 9.17) is 4.74 Å². The van der Waals surface area contributed by atoms with E-state index in [0.717, 1.165) is 12.2 Å². The average Bonchev–Trinajstić information content (AvgIpc) is 2.39. The van der Waals surface area contributed by atoms with Gasteiger partial charge in [-0.3, -0.25) is 0 Å². The Balaban J connectivity index is 2.22. The zero-order valence-electron chi connectivity index (χ0n) is 11.3. The Morgan fingerprint density at radius 3 is 2.33 bits per heavy atom. The van der Waals surface area contributed by atoms with Gasteiger partial charge in [0.15, 0.2) is 0 Å². The minimum Gasteiger partial charge on any atom is -0.497 e. The maximum atomic E-state index is 5.28. The van der Waals surface area contributed by atoms with E-state index in [9.17, 15) is 0 Å². The molecule has 0 saturated carbocycles. The molecular formula is C17H20O. The molecule has 2 aromatic carbocycles. The molecule has 0 unspecified atom stereocenters. The SMILES string of the molecule is COc1cccc(CC(C)(C)c2ccccc2)c1. The van der Waals surface area contributed by atoms with E-state index in [1.54, 1.807) is 7.11 Å². The van der Waals surface area contributed by atoms with Gasteiger partial charge in [-0.05, 0) is 35.1 Å². The van der Waals surface area contributed by atoms with Crippen molar-refractivity contribution in [3.63, 3.8) is 0 Å². The fraction of sp³-hybridized carbons (Fsp3) is 0.294. The van der Waals surface area contributed by atoms with Crippen LogP contribution in [0.4, 0.5) is 0 Å². The van der Waals surface area contributed by atoms with Gasteiger partial charge in [-0.15, -0.1) is 0 Å². The number of hydrogen-bond acceptors (Lipinski definition) is 1. The van der Waals surface area contributed by atoms with E-state index >= 15 is 0 Å². The smallest absolute Gasteiger partial charge is 0.119 e. The first-order valence-corrected chi connectivity index (χ1v) is 6.30. The fourth-order valence-corrected chi connectivity index (χ4v) is 2.28. The van der Waals surface area contributed by atoms with Gasteiger partial charge in [-0.25, -0.2) is 0 Å². The second-order valence-electron chi connectivity index (χ2n) is 5.28. The van der Waals surface area contributed by atoms with Crippen molar-refractivity contribution in [3.05, 3.63) is 65.7 Å². The molecule has 94 valence electrons.